The van der Waals surface area contributed by atoms with E-state index in [1.54, 1.807) is 11.7 Å². The van der Waals surface area contributed by atoms with Crippen LogP contribution in [0.1, 0.15) is 17.8 Å². The molecule has 7 heteroatoms. The van der Waals surface area contributed by atoms with Gasteiger partial charge in [-0.15, -0.1) is 11.3 Å². The Morgan fingerprint density at radius 2 is 2.16 bits per heavy atom. The van der Waals surface area contributed by atoms with Crippen molar-refractivity contribution in [2.45, 2.75) is 19.6 Å². The monoisotopic (exact) mass is 288 g/mol. The molecule has 102 valence electrons. The average Bonchev–Trinajstić information content (AvgIpc) is 2.86. The molecule has 1 N–H and O–H groups in total. The Morgan fingerprint density at radius 3 is 2.74 bits per heavy atom. The third kappa shape index (κ3) is 3.60. The molecule has 1 aromatic heterocycles. The zero-order chi connectivity index (χ0) is 13.8. The van der Waals surface area contributed by atoms with Crippen LogP contribution in [-0.2, 0) is 0 Å². The maximum Gasteiger partial charge on any atom is 0.387 e. The molecule has 2 aromatic rings. The molecule has 1 aromatic carbocycles. The molecule has 3 nitrogen and oxygen atoms in total. The summed E-state index contributed by atoms with van der Waals surface area (Å²) >= 11 is 1.47. The Balaban J connectivity index is 2.07. The molecule has 0 amide bonds. The lowest BCUT2D eigenvalue weighted by atomic mass is 10.2. The number of hydrogen-bond donors (Lipinski definition) is 1. The van der Waals surface area contributed by atoms with Gasteiger partial charge in [0.15, 0.2) is 11.6 Å². The van der Waals surface area contributed by atoms with Crippen LogP contribution < -0.4 is 10.1 Å². The SMILES string of the molecule is CC(Nc1ccc(OC(F)F)c(F)c1)c1cncs1. The summed E-state index contributed by atoms with van der Waals surface area (Å²) in [5.41, 5.74) is 2.19. The minimum Gasteiger partial charge on any atom is -0.432 e. The molecule has 2 rings (SSSR count). The van der Waals surface area contributed by atoms with Crippen LogP contribution >= 0.6 is 11.3 Å². The molecule has 0 aliphatic carbocycles. The number of nitrogens with zero attached hydrogens (tertiary/aromatic N) is 1. The van der Waals surface area contributed by atoms with E-state index in [0.29, 0.717) is 5.69 Å². The molecule has 0 radical (unpaired) electrons. The van der Waals surface area contributed by atoms with Crippen LogP contribution in [0.5, 0.6) is 5.75 Å². The van der Waals surface area contributed by atoms with Crippen LogP contribution in [-0.4, -0.2) is 11.6 Å². The van der Waals surface area contributed by atoms with Gasteiger partial charge in [0.2, 0.25) is 0 Å². The number of aromatic nitrogens is 1. The van der Waals surface area contributed by atoms with E-state index in [4.69, 9.17) is 0 Å². The lowest BCUT2D eigenvalue weighted by molar-refractivity contribution is -0.0521. The standard InChI is InChI=1S/C12H11F3N2OS/c1-7(11-5-16-6-19-11)17-8-2-3-10(9(13)4-8)18-12(14)15/h2-7,12,17H,1H3. The average molecular weight is 288 g/mol. The molecule has 0 aliphatic heterocycles. The van der Waals surface area contributed by atoms with Crippen LogP contribution in [0.15, 0.2) is 29.9 Å². The van der Waals surface area contributed by atoms with E-state index in [-0.39, 0.29) is 6.04 Å². The van der Waals surface area contributed by atoms with Gasteiger partial charge in [0, 0.05) is 22.8 Å². The maximum atomic E-state index is 13.5. The molecule has 1 unspecified atom stereocenters. The second-order valence-electron chi connectivity index (χ2n) is 3.79. The smallest absolute Gasteiger partial charge is 0.387 e. The van der Waals surface area contributed by atoms with E-state index >= 15 is 0 Å². The molecule has 19 heavy (non-hydrogen) atoms. The maximum absolute atomic E-state index is 13.5. The Kier molecular flexibility index (Phi) is 4.26. The highest BCUT2D eigenvalue weighted by molar-refractivity contribution is 7.09. The van der Waals surface area contributed by atoms with E-state index in [1.165, 1.54) is 23.5 Å². The Bertz CT molecular complexity index is 534. The topological polar surface area (TPSA) is 34.1 Å². The second-order valence-corrected chi connectivity index (χ2v) is 4.71. The van der Waals surface area contributed by atoms with Crippen molar-refractivity contribution in [3.63, 3.8) is 0 Å². The predicted molar refractivity (Wildman–Crippen MR) is 67.2 cm³/mol. The summed E-state index contributed by atoms with van der Waals surface area (Å²) in [6, 6.07) is 3.73. The largest absolute Gasteiger partial charge is 0.432 e. The molecule has 1 heterocycles. The molecule has 0 spiro atoms. The zero-order valence-electron chi connectivity index (χ0n) is 9.94. The highest BCUT2D eigenvalue weighted by Gasteiger charge is 2.12. The summed E-state index contributed by atoms with van der Waals surface area (Å²) in [5.74, 6) is -1.30. The first-order chi connectivity index (χ1) is 9.06. The minimum absolute atomic E-state index is 0.0474. The zero-order valence-corrected chi connectivity index (χ0v) is 10.8. The van der Waals surface area contributed by atoms with Gasteiger partial charge in [-0.2, -0.15) is 8.78 Å². The second kappa shape index (κ2) is 5.92. The van der Waals surface area contributed by atoms with Gasteiger partial charge in [0.05, 0.1) is 11.6 Å². The number of ether oxygens (including phenoxy) is 1. The third-order valence-corrected chi connectivity index (χ3v) is 3.37. The number of hydrogen-bond acceptors (Lipinski definition) is 4. The van der Waals surface area contributed by atoms with Crippen molar-refractivity contribution in [2.75, 3.05) is 5.32 Å². The van der Waals surface area contributed by atoms with Gasteiger partial charge in [-0.1, -0.05) is 0 Å². The van der Waals surface area contributed by atoms with Gasteiger partial charge in [-0.05, 0) is 19.1 Å². The van der Waals surface area contributed by atoms with E-state index in [0.717, 1.165) is 10.9 Å². The molecule has 0 fully saturated rings. The lowest BCUT2D eigenvalue weighted by Gasteiger charge is -2.14. The number of thiazole rings is 1. The van der Waals surface area contributed by atoms with Crippen LogP contribution in [0, 0.1) is 5.82 Å². The van der Waals surface area contributed by atoms with E-state index < -0.39 is 18.2 Å². The van der Waals surface area contributed by atoms with Crippen LogP contribution in [0.2, 0.25) is 0 Å². The fourth-order valence-electron chi connectivity index (χ4n) is 1.54. The fourth-order valence-corrected chi connectivity index (χ4v) is 2.17. The van der Waals surface area contributed by atoms with E-state index in [1.807, 2.05) is 6.92 Å². The first-order valence-electron chi connectivity index (χ1n) is 5.45. The number of alkyl halides is 2. The summed E-state index contributed by atoms with van der Waals surface area (Å²) in [6.45, 7) is -1.14. The summed E-state index contributed by atoms with van der Waals surface area (Å²) in [5, 5.41) is 3.05. The minimum atomic E-state index is -3.04. The molecular formula is C12H11F3N2OS. The predicted octanol–water partition coefficient (Wildman–Crippen LogP) is 4.06. The molecule has 0 bridgehead atoms. The van der Waals surface area contributed by atoms with Gasteiger partial charge in [0.25, 0.3) is 0 Å². The Hall–Kier alpha value is -1.76. The van der Waals surface area contributed by atoms with Crippen molar-refractivity contribution < 1.29 is 17.9 Å². The normalized spacial score (nSPS) is 12.5. The van der Waals surface area contributed by atoms with Gasteiger partial charge < -0.3 is 10.1 Å². The number of halogens is 3. The first-order valence-corrected chi connectivity index (χ1v) is 6.33. The van der Waals surface area contributed by atoms with Gasteiger partial charge in [-0.3, -0.25) is 4.98 Å². The van der Waals surface area contributed by atoms with Gasteiger partial charge in [0.1, 0.15) is 0 Å². The van der Waals surface area contributed by atoms with Crippen molar-refractivity contribution >= 4 is 17.0 Å². The molecular weight excluding hydrogens is 277 g/mol. The molecule has 1 atom stereocenters. The summed E-state index contributed by atoms with van der Waals surface area (Å²) in [6.07, 6.45) is 1.72. The van der Waals surface area contributed by atoms with Crippen molar-refractivity contribution in [3.05, 3.63) is 40.6 Å². The first kappa shape index (κ1) is 13.7. The van der Waals surface area contributed by atoms with E-state index in [9.17, 15) is 13.2 Å². The summed E-state index contributed by atoms with van der Waals surface area (Å²) < 4.78 is 41.5. The Labute approximate surface area is 112 Å². The highest BCUT2D eigenvalue weighted by Crippen LogP contribution is 2.26. The fraction of sp³-hybridized carbons (Fsp3) is 0.250. The molecule has 0 saturated heterocycles. The van der Waals surface area contributed by atoms with Crippen molar-refractivity contribution in [3.8, 4) is 5.75 Å². The van der Waals surface area contributed by atoms with Crippen molar-refractivity contribution in [2.24, 2.45) is 0 Å². The van der Waals surface area contributed by atoms with Crippen LogP contribution in [0.4, 0.5) is 18.9 Å². The number of nitrogens with one attached hydrogen (secondary N) is 1. The number of rotatable bonds is 5. The third-order valence-electron chi connectivity index (χ3n) is 2.41. The molecule has 0 aliphatic rings. The summed E-state index contributed by atoms with van der Waals surface area (Å²) in [4.78, 5) is 4.94. The number of benzene rings is 1. The lowest BCUT2D eigenvalue weighted by Crippen LogP contribution is -2.07. The van der Waals surface area contributed by atoms with Crippen LogP contribution in [0.3, 0.4) is 0 Å². The highest BCUT2D eigenvalue weighted by atomic mass is 32.1. The van der Waals surface area contributed by atoms with Gasteiger partial charge >= 0.3 is 6.61 Å². The number of anilines is 1. The van der Waals surface area contributed by atoms with Gasteiger partial charge in [-0.25, -0.2) is 4.39 Å². The summed E-state index contributed by atoms with van der Waals surface area (Å²) in [7, 11) is 0. The van der Waals surface area contributed by atoms with E-state index in [2.05, 4.69) is 15.0 Å². The Morgan fingerprint density at radius 1 is 1.37 bits per heavy atom. The van der Waals surface area contributed by atoms with Crippen molar-refractivity contribution in [1.29, 1.82) is 0 Å². The van der Waals surface area contributed by atoms with Crippen LogP contribution in [0.25, 0.3) is 0 Å². The quantitative estimate of drug-likeness (QED) is 0.901. The van der Waals surface area contributed by atoms with Crippen molar-refractivity contribution in [1.82, 2.24) is 4.98 Å². The molecule has 0 saturated carbocycles.